The number of aryl methyl sites for hydroxylation is 1. The van der Waals surface area contributed by atoms with Gasteiger partial charge in [0, 0.05) is 25.1 Å². The highest BCUT2D eigenvalue weighted by molar-refractivity contribution is 6.05. The molecule has 0 spiro atoms. The number of amides is 3. The lowest BCUT2D eigenvalue weighted by Gasteiger charge is -2.15. The van der Waals surface area contributed by atoms with Crippen LogP contribution in [0.3, 0.4) is 0 Å². The van der Waals surface area contributed by atoms with E-state index in [1.807, 2.05) is 12.2 Å². The van der Waals surface area contributed by atoms with Crippen LogP contribution in [-0.2, 0) is 14.4 Å². The number of carbonyl (C=O) groups excluding carboxylic acids is 3. The van der Waals surface area contributed by atoms with Gasteiger partial charge in [-0.05, 0) is 25.3 Å². The summed E-state index contributed by atoms with van der Waals surface area (Å²) in [7, 11) is 0. The van der Waals surface area contributed by atoms with Crippen LogP contribution in [0.25, 0.3) is 0 Å². The van der Waals surface area contributed by atoms with E-state index in [0.717, 1.165) is 0 Å². The standard InChI is InChI=1S/C18H19N3O5/c1-11-6-7-12(21(25)26)10-15(11)19-16(22)8-9-20-17(23)13-4-2-3-5-14(13)18(20)24/h2-3,6-7,10,13-14H,4-5,8-9H2,1H3,(H,19,22)/t13-,14-/m0/s1. The Hall–Kier alpha value is -3.03. The van der Waals surface area contributed by atoms with Crippen LogP contribution in [0.5, 0.6) is 0 Å². The Bertz CT molecular complexity index is 791. The van der Waals surface area contributed by atoms with Crippen LogP contribution in [0.2, 0.25) is 0 Å². The summed E-state index contributed by atoms with van der Waals surface area (Å²) >= 11 is 0. The van der Waals surface area contributed by atoms with Gasteiger partial charge >= 0.3 is 0 Å². The molecule has 0 radical (unpaired) electrons. The molecule has 1 aliphatic heterocycles. The molecule has 0 saturated carbocycles. The second-order valence-corrected chi connectivity index (χ2v) is 6.54. The number of rotatable bonds is 5. The van der Waals surface area contributed by atoms with Gasteiger partial charge in [-0.2, -0.15) is 0 Å². The number of nitro benzene ring substituents is 1. The van der Waals surface area contributed by atoms with E-state index in [0.29, 0.717) is 24.1 Å². The highest BCUT2D eigenvalue weighted by Crippen LogP contribution is 2.35. The summed E-state index contributed by atoms with van der Waals surface area (Å²) in [4.78, 5) is 48.4. The molecule has 136 valence electrons. The largest absolute Gasteiger partial charge is 0.326 e. The number of likely N-dealkylation sites (tertiary alicyclic amines) is 1. The van der Waals surface area contributed by atoms with Gasteiger partial charge in [-0.3, -0.25) is 29.4 Å². The number of nitro groups is 1. The number of hydrogen-bond acceptors (Lipinski definition) is 5. The number of nitrogens with one attached hydrogen (secondary N) is 1. The third kappa shape index (κ3) is 3.35. The van der Waals surface area contributed by atoms with Crippen LogP contribution in [0, 0.1) is 28.9 Å². The van der Waals surface area contributed by atoms with Crippen molar-refractivity contribution < 1.29 is 19.3 Å². The van der Waals surface area contributed by atoms with Crippen LogP contribution in [0.4, 0.5) is 11.4 Å². The first-order chi connectivity index (χ1) is 12.4. The van der Waals surface area contributed by atoms with E-state index in [-0.39, 0.29) is 42.3 Å². The van der Waals surface area contributed by atoms with Crippen LogP contribution >= 0.6 is 0 Å². The van der Waals surface area contributed by atoms with Gasteiger partial charge in [0.15, 0.2) is 0 Å². The number of hydrogen-bond donors (Lipinski definition) is 1. The zero-order valence-electron chi connectivity index (χ0n) is 14.3. The lowest BCUT2D eigenvalue weighted by molar-refractivity contribution is -0.384. The molecule has 1 saturated heterocycles. The first-order valence-electron chi connectivity index (χ1n) is 8.43. The summed E-state index contributed by atoms with van der Waals surface area (Å²) < 4.78 is 0. The molecule has 8 heteroatoms. The SMILES string of the molecule is Cc1ccc([N+](=O)[O-])cc1NC(=O)CCN1C(=O)[C@H]2CC=CC[C@@H]2C1=O. The van der Waals surface area contributed by atoms with E-state index in [2.05, 4.69) is 5.32 Å². The fourth-order valence-corrected chi connectivity index (χ4v) is 3.37. The second kappa shape index (κ2) is 7.07. The number of non-ortho nitro benzene ring substituents is 1. The van der Waals surface area contributed by atoms with E-state index in [1.165, 1.54) is 17.0 Å². The Morgan fingerprint density at radius 2 is 1.85 bits per heavy atom. The quantitative estimate of drug-likeness (QED) is 0.376. The Balaban J connectivity index is 1.61. The van der Waals surface area contributed by atoms with Crippen molar-refractivity contribution in [2.45, 2.75) is 26.2 Å². The van der Waals surface area contributed by atoms with Gasteiger partial charge in [-0.1, -0.05) is 18.2 Å². The minimum Gasteiger partial charge on any atom is -0.326 e. The number of carbonyl (C=O) groups is 3. The van der Waals surface area contributed by atoms with Crippen molar-refractivity contribution in [3.05, 3.63) is 46.0 Å². The Morgan fingerprint density at radius 1 is 1.23 bits per heavy atom. The van der Waals surface area contributed by atoms with Crippen molar-refractivity contribution in [2.75, 3.05) is 11.9 Å². The molecule has 1 fully saturated rings. The van der Waals surface area contributed by atoms with E-state index in [1.54, 1.807) is 13.0 Å². The van der Waals surface area contributed by atoms with Gasteiger partial charge < -0.3 is 5.32 Å². The lowest BCUT2D eigenvalue weighted by Crippen LogP contribution is -2.34. The Labute approximate surface area is 150 Å². The van der Waals surface area contributed by atoms with E-state index >= 15 is 0 Å². The monoisotopic (exact) mass is 357 g/mol. The average Bonchev–Trinajstić information content (AvgIpc) is 2.86. The molecule has 1 heterocycles. The molecule has 0 unspecified atom stereocenters. The molecule has 1 aromatic rings. The van der Waals surface area contributed by atoms with Crippen molar-refractivity contribution in [3.63, 3.8) is 0 Å². The topological polar surface area (TPSA) is 110 Å². The van der Waals surface area contributed by atoms with Crippen molar-refractivity contribution in [3.8, 4) is 0 Å². The maximum atomic E-state index is 12.4. The molecular weight excluding hydrogens is 338 g/mol. The van der Waals surface area contributed by atoms with Gasteiger partial charge in [-0.15, -0.1) is 0 Å². The van der Waals surface area contributed by atoms with Crippen LogP contribution < -0.4 is 5.32 Å². The normalized spacial score (nSPS) is 21.7. The number of fused-ring (bicyclic) bond motifs is 1. The molecule has 2 atom stereocenters. The summed E-state index contributed by atoms with van der Waals surface area (Å²) in [6.45, 7) is 1.75. The zero-order valence-corrected chi connectivity index (χ0v) is 14.3. The molecule has 1 aromatic carbocycles. The van der Waals surface area contributed by atoms with Crippen molar-refractivity contribution in [1.29, 1.82) is 0 Å². The predicted molar refractivity (Wildman–Crippen MR) is 93.2 cm³/mol. The third-order valence-electron chi connectivity index (χ3n) is 4.87. The highest BCUT2D eigenvalue weighted by Gasteiger charge is 2.46. The van der Waals surface area contributed by atoms with Gasteiger partial charge in [0.1, 0.15) is 0 Å². The maximum Gasteiger partial charge on any atom is 0.271 e. The fraction of sp³-hybridized carbons (Fsp3) is 0.389. The van der Waals surface area contributed by atoms with Gasteiger partial charge in [0.05, 0.1) is 22.4 Å². The minimum absolute atomic E-state index is 0.0183. The molecule has 0 bridgehead atoms. The summed E-state index contributed by atoms with van der Waals surface area (Å²) in [5, 5.41) is 13.5. The van der Waals surface area contributed by atoms with Gasteiger partial charge in [0.25, 0.3) is 5.69 Å². The summed E-state index contributed by atoms with van der Waals surface area (Å²) in [6, 6.07) is 4.21. The van der Waals surface area contributed by atoms with Crippen molar-refractivity contribution in [1.82, 2.24) is 4.90 Å². The second-order valence-electron chi connectivity index (χ2n) is 6.54. The molecule has 3 rings (SSSR count). The average molecular weight is 357 g/mol. The van der Waals surface area contributed by atoms with Gasteiger partial charge in [0.2, 0.25) is 17.7 Å². The first-order valence-corrected chi connectivity index (χ1v) is 8.43. The zero-order chi connectivity index (χ0) is 18.8. The summed E-state index contributed by atoms with van der Waals surface area (Å²) in [5.41, 5.74) is 0.919. The number of allylic oxidation sites excluding steroid dienone is 2. The fourth-order valence-electron chi connectivity index (χ4n) is 3.37. The molecule has 1 aliphatic carbocycles. The predicted octanol–water partition coefficient (Wildman–Crippen LogP) is 2.18. The maximum absolute atomic E-state index is 12.4. The number of imide groups is 1. The molecule has 26 heavy (non-hydrogen) atoms. The lowest BCUT2D eigenvalue weighted by atomic mass is 9.85. The van der Waals surface area contributed by atoms with Crippen LogP contribution in [0.15, 0.2) is 30.4 Å². The Morgan fingerprint density at radius 3 is 2.42 bits per heavy atom. The Kier molecular flexibility index (Phi) is 4.83. The highest BCUT2D eigenvalue weighted by atomic mass is 16.6. The van der Waals surface area contributed by atoms with Crippen LogP contribution in [0.1, 0.15) is 24.8 Å². The van der Waals surface area contributed by atoms with Crippen molar-refractivity contribution in [2.24, 2.45) is 11.8 Å². The third-order valence-corrected chi connectivity index (χ3v) is 4.87. The summed E-state index contributed by atoms with van der Waals surface area (Å²) in [6.07, 6.45) is 4.89. The van der Waals surface area contributed by atoms with Crippen molar-refractivity contribution >= 4 is 29.1 Å². The molecule has 8 nitrogen and oxygen atoms in total. The molecule has 0 aromatic heterocycles. The number of anilines is 1. The molecule has 2 aliphatic rings. The first kappa shape index (κ1) is 17.8. The van der Waals surface area contributed by atoms with Crippen LogP contribution in [-0.4, -0.2) is 34.1 Å². The molecular formula is C18H19N3O5. The number of benzene rings is 1. The van der Waals surface area contributed by atoms with E-state index in [4.69, 9.17) is 0 Å². The van der Waals surface area contributed by atoms with E-state index in [9.17, 15) is 24.5 Å². The molecule has 1 N–H and O–H groups in total. The van der Waals surface area contributed by atoms with Gasteiger partial charge in [-0.25, -0.2) is 0 Å². The van der Waals surface area contributed by atoms with E-state index < -0.39 is 10.8 Å². The molecule has 3 amide bonds. The number of nitrogens with zero attached hydrogens (tertiary/aromatic N) is 2. The minimum atomic E-state index is -0.535. The summed E-state index contributed by atoms with van der Waals surface area (Å²) in [5.74, 6) is -1.46. The smallest absolute Gasteiger partial charge is 0.271 e.